The molecule has 1 rings (SSSR count). The Kier molecular flexibility index (Phi) is 4.36. The summed E-state index contributed by atoms with van der Waals surface area (Å²) in [6.45, 7) is 5.55. The van der Waals surface area contributed by atoms with Crippen molar-refractivity contribution in [1.29, 1.82) is 0 Å². The number of carbonyl (C=O) groups excluding carboxylic acids is 2. The molecule has 0 bridgehead atoms. The number of carbonyl (C=O) groups is 2. The van der Waals surface area contributed by atoms with Crippen LogP contribution in [0.5, 0.6) is 0 Å². The lowest BCUT2D eigenvalue weighted by molar-refractivity contribution is 0.0141. The number of aromatic nitrogens is 1. The van der Waals surface area contributed by atoms with Gasteiger partial charge in [0.2, 0.25) is 5.91 Å². The minimum absolute atomic E-state index is 0.0161. The molecule has 0 fully saturated rings. The van der Waals surface area contributed by atoms with Gasteiger partial charge in [-0.05, 0) is 18.9 Å². The van der Waals surface area contributed by atoms with E-state index in [0.29, 0.717) is 5.69 Å². The summed E-state index contributed by atoms with van der Waals surface area (Å²) >= 11 is 0. The van der Waals surface area contributed by atoms with Gasteiger partial charge >= 0.3 is 0 Å². The zero-order valence-electron chi connectivity index (χ0n) is 11.7. The fourth-order valence-electron chi connectivity index (χ4n) is 1.48. The molecule has 6 heteroatoms. The number of nitrogens with zero attached hydrogens (tertiary/aromatic N) is 1. The maximum Gasteiger partial charge on any atom is 0.268 e. The number of primary amides is 1. The SMILES string of the molecule is CC(C)C(C)(O)CNC(=O)c1cc(C(N)=O)cn1C. The first-order valence-electron chi connectivity index (χ1n) is 6.12. The fourth-order valence-corrected chi connectivity index (χ4v) is 1.48. The van der Waals surface area contributed by atoms with E-state index in [1.54, 1.807) is 14.0 Å². The van der Waals surface area contributed by atoms with E-state index in [0.717, 1.165) is 0 Å². The lowest BCUT2D eigenvalue weighted by atomic mass is 9.92. The summed E-state index contributed by atoms with van der Waals surface area (Å²) in [5, 5.41) is 12.7. The third-order valence-corrected chi connectivity index (χ3v) is 3.37. The van der Waals surface area contributed by atoms with E-state index in [4.69, 9.17) is 5.73 Å². The third kappa shape index (κ3) is 3.57. The predicted molar refractivity (Wildman–Crippen MR) is 71.7 cm³/mol. The molecule has 1 heterocycles. The Balaban J connectivity index is 2.77. The van der Waals surface area contributed by atoms with Crippen molar-refractivity contribution in [2.24, 2.45) is 18.7 Å². The zero-order chi connectivity index (χ0) is 14.8. The first-order valence-corrected chi connectivity index (χ1v) is 6.12. The summed E-state index contributed by atoms with van der Waals surface area (Å²) in [7, 11) is 1.65. The molecule has 0 aliphatic heterocycles. The molecule has 4 N–H and O–H groups in total. The molecular formula is C13H21N3O3. The number of rotatable bonds is 5. The lowest BCUT2D eigenvalue weighted by Crippen LogP contribution is -2.44. The standard InChI is InChI=1S/C13H21N3O3/c1-8(2)13(3,19)7-15-12(18)10-5-9(11(14)17)6-16(10)4/h5-6,8,19H,7H2,1-4H3,(H2,14,17)(H,15,18). The highest BCUT2D eigenvalue weighted by atomic mass is 16.3. The van der Waals surface area contributed by atoms with Gasteiger partial charge in [0.25, 0.3) is 5.91 Å². The fraction of sp³-hybridized carbons (Fsp3) is 0.538. The van der Waals surface area contributed by atoms with E-state index in [1.165, 1.54) is 16.8 Å². The van der Waals surface area contributed by atoms with Crippen LogP contribution in [0.15, 0.2) is 12.3 Å². The van der Waals surface area contributed by atoms with Crippen molar-refractivity contribution in [3.63, 3.8) is 0 Å². The van der Waals surface area contributed by atoms with Crippen LogP contribution in [0.3, 0.4) is 0 Å². The molecule has 1 atom stereocenters. The normalized spacial score (nSPS) is 14.2. The van der Waals surface area contributed by atoms with Gasteiger partial charge in [0.1, 0.15) is 5.69 Å². The van der Waals surface area contributed by atoms with Crippen LogP contribution in [0.4, 0.5) is 0 Å². The van der Waals surface area contributed by atoms with E-state index in [2.05, 4.69) is 5.32 Å². The largest absolute Gasteiger partial charge is 0.388 e. The Morgan fingerprint density at radius 2 is 2.11 bits per heavy atom. The van der Waals surface area contributed by atoms with E-state index in [-0.39, 0.29) is 23.9 Å². The number of aryl methyl sites for hydroxylation is 1. The Labute approximate surface area is 112 Å². The summed E-state index contributed by atoms with van der Waals surface area (Å²) in [5.41, 5.74) is 4.78. The van der Waals surface area contributed by atoms with Gasteiger partial charge in [-0.15, -0.1) is 0 Å². The Morgan fingerprint density at radius 3 is 2.53 bits per heavy atom. The number of amides is 2. The lowest BCUT2D eigenvalue weighted by Gasteiger charge is -2.27. The minimum Gasteiger partial charge on any atom is -0.388 e. The molecule has 0 aliphatic rings. The van der Waals surface area contributed by atoms with Crippen LogP contribution in [0, 0.1) is 5.92 Å². The van der Waals surface area contributed by atoms with Crippen molar-refractivity contribution in [2.75, 3.05) is 6.54 Å². The number of hydrogen-bond donors (Lipinski definition) is 3. The van der Waals surface area contributed by atoms with Gasteiger partial charge in [-0.2, -0.15) is 0 Å². The van der Waals surface area contributed by atoms with Crippen LogP contribution < -0.4 is 11.1 Å². The molecule has 6 nitrogen and oxygen atoms in total. The first kappa shape index (κ1) is 15.2. The molecule has 19 heavy (non-hydrogen) atoms. The summed E-state index contributed by atoms with van der Waals surface area (Å²) in [5.74, 6) is -0.915. The van der Waals surface area contributed by atoms with Gasteiger partial charge in [-0.3, -0.25) is 9.59 Å². The second-order valence-electron chi connectivity index (χ2n) is 5.28. The highest BCUT2D eigenvalue weighted by Crippen LogP contribution is 2.15. The molecule has 106 valence electrons. The first-order chi connectivity index (χ1) is 8.65. The molecule has 1 aromatic heterocycles. The summed E-state index contributed by atoms with van der Waals surface area (Å²) < 4.78 is 1.53. The molecule has 0 radical (unpaired) electrons. The Morgan fingerprint density at radius 1 is 1.53 bits per heavy atom. The van der Waals surface area contributed by atoms with Crippen molar-refractivity contribution in [1.82, 2.24) is 9.88 Å². The Bertz CT molecular complexity index is 489. The quantitative estimate of drug-likeness (QED) is 0.714. The monoisotopic (exact) mass is 267 g/mol. The van der Waals surface area contributed by atoms with Gasteiger partial charge in [-0.1, -0.05) is 13.8 Å². The average Bonchev–Trinajstić information content (AvgIpc) is 2.68. The van der Waals surface area contributed by atoms with Gasteiger partial charge in [0.15, 0.2) is 0 Å². The highest BCUT2D eigenvalue weighted by Gasteiger charge is 2.26. The molecule has 2 amide bonds. The van der Waals surface area contributed by atoms with E-state index >= 15 is 0 Å². The van der Waals surface area contributed by atoms with Gasteiger partial charge in [0.05, 0.1) is 11.2 Å². The zero-order valence-corrected chi connectivity index (χ0v) is 11.7. The summed E-state index contributed by atoms with van der Waals surface area (Å²) in [6.07, 6.45) is 1.50. The highest BCUT2D eigenvalue weighted by molar-refractivity contribution is 5.98. The second-order valence-corrected chi connectivity index (χ2v) is 5.28. The average molecular weight is 267 g/mol. The molecule has 0 saturated carbocycles. The molecule has 1 unspecified atom stereocenters. The van der Waals surface area contributed by atoms with Crippen molar-refractivity contribution in [3.8, 4) is 0 Å². The van der Waals surface area contributed by atoms with Gasteiger partial charge in [-0.25, -0.2) is 0 Å². The van der Waals surface area contributed by atoms with Gasteiger partial charge < -0.3 is 20.7 Å². The van der Waals surface area contributed by atoms with Crippen molar-refractivity contribution >= 4 is 11.8 Å². The van der Waals surface area contributed by atoms with Crippen molar-refractivity contribution in [2.45, 2.75) is 26.4 Å². The molecule has 1 aromatic rings. The maximum absolute atomic E-state index is 12.0. The van der Waals surface area contributed by atoms with Crippen molar-refractivity contribution in [3.05, 3.63) is 23.5 Å². The van der Waals surface area contributed by atoms with Crippen LogP contribution in [0.25, 0.3) is 0 Å². The number of nitrogens with one attached hydrogen (secondary N) is 1. The van der Waals surface area contributed by atoms with Crippen molar-refractivity contribution < 1.29 is 14.7 Å². The summed E-state index contributed by atoms with van der Waals surface area (Å²) in [6, 6.07) is 1.43. The summed E-state index contributed by atoms with van der Waals surface area (Å²) in [4.78, 5) is 23.0. The third-order valence-electron chi connectivity index (χ3n) is 3.37. The number of hydrogen-bond acceptors (Lipinski definition) is 3. The van der Waals surface area contributed by atoms with Crippen LogP contribution in [-0.2, 0) is 7.05 Å². The topological polar surface area (TPSA) is 97.3 Å². The van der Waals surface area contributed by atoms with E-state index in [9.17, 15) is 14.7 Å². The molecule has 0 spiro atoms. The van der Waals surface area contributed by atoms with Crippen LogP contribution >= 0.6 is 0 Å². The molecule has 0 aliphatic carbocycles. The number of aliphatic hydroxyl groups is 1. The predicted octanol–water partition coefficient (Wildman–Crippen LogP) is 0.261. The van der Waals surface area contributed by atoms with Crippen LogP contribution in [0.2, 0.25) is 0 Å². The van der Waals surface area contributed by atoms with E-state index < -0.39 is 11.5 Å². The molecule has 0 aromatic carbocycles. The number of nitrogens with two attached hydrogens (primary N) is 1. The van der Waals surface area contributed by atoms with E-state index in [1.807, 2.05) is 13.8 Å². The van der Waals surface area contributed by atoms with Gasteiger partial charge in [0, 0.05) is 19.8 Å². The minimum atomic E-state index is -0.979. The molecular weight excluding hydrogens is 246 g/mol. The van der Waals surface area contributed by atoms with Crippen LogP contribution in [-0.4, -0.2) is 33.6 Å². The second kappa shape index (κ2) is 5.44. The Hall–Kier alpha value is -1.82. The smallest absolute Gasteiger partial charge is 0.268 e. The molecule has 0 saturated heterocycles. The van der Waals surface area contributed by atoms with Crippen LogP contribution in [0.1, 0.15) is 41.6 Å². The maximum atomic E-state index is 12.0.